The summed E-state index contributed by atoms with van der Waals surface area (Å²) in [7, 11) is 1.57. The number of methoxy groups -OCH3 is 1. The largest absolute Gasteiger partial charge is 0.493 e. The summed E-state index contributed by atoms with van der Waals surface area (Å²) in [5, 5.41) is 4.99. The van der Waals surface area contributed by atoms with E-state index in [1.165, 1.54) is 4.68 Å². The highest BCUT2D eigenvalue weighted by Gasteiger charge is 2.16. The highest BCUT2D eigenvalue weighted by molar-refractivity contribution is 9.10. The number of nitrogens with zero attached hydrogens (tertiary/aromatic N) is 3. The highest BCUT2D eigenvalue weighted by Crippen LogP contribution is 2.36. The van der Waals surface area contributed by atoms with Gasteiger partial charge in [-0.05, 0) is 48.0 Å². The minimum absolute atomic E-state index is 0.209. The molecule has 4 aromatic rings. The van der Waals surface area contributed by atoms with E-state index >= 15 is 0 Å². The quantitative estimate of drug-likeness (QED) is 0.249. The van der Waals surface area contributed by atoms with Crippen LogP contribution in [0.25, 0.3) is 10.9 Å². The van der Waals surface area contributed by atoms with Gasteiger partial charge >= 0.3 is 0 Å². The minimum atomic E-state index is -0.251. The zero-order chi connectivity index (χ0) is 25.2. The van der Waals surface area contributed by atoms with Crippen molar-refractivity contribution in [3.63, 3.8) is 0 Å². The summed E-state index contributed by atoms with van der Waals surface area (Å²) in [6.07, 6.45) is 2.11. The van der Waals surface area contributed by atoms with Crippen molar-refractivity contribution in [2.75, 3.05) is 13.9 Å². The van der Waals surface area contributed by atoms with Crippen LogP contribution in [0.4, 0.5) is 0 Å². The van der Waals surface area contributed by atoms with Gasteiger partial charge in [0, 0.05) is 20.9 Å². The van der Waals surface area contributed by atoms with E-state index in [0.29, 0.717) is 51.7 Å². The van der Waals surface area contributed by atoms with Crippen molar-refractivity contribution in [3.05, 3.63) is 84.8 Å². The van der Waals surface area contributed by atoms with Crippen molar-refractivity contribution in [2.24, 2.45) is 5.10 Å². The first-order chi connectivity index (χ1) is 17.5. The molecule has 36 heavy (non-hydrogen) atoms. The van der Waals surface area contributed by atoms with Gasteiger partial charge in [0.05, 0.1) is 24.2 Å². The van der Waals surface area contributed by atoms with Crippen LogP contribution in [0.3, 0.4) is 0 Å². The van der Waals surface area contributed by atoms with E-state index in [0.717, 1.165) is 14.5 Å². The molecule has 1 aliphatic rings. The van der Waals surface area contributed by atoms with E-state index < -0.39 is 0 Å². The molecule has 0 amide bonds. The molecule has 0 spiro atoms. The molecule has 0 saturated carbocycles. The molecule has 2 heterocycles. The van der Waals surface area contributed by atoms with Crippen LogP contribution in [0.15, 0.2) is 67.4 Å². The summed E-state index contributed by atoms with van der Waals surface area (Å²) >= 11 is 6.94. The monoisotopic (exact) mass is 613 g/mol. The summed E-state index contributed by atoms with van der Waals surface area (Å²) in [5.41, 5.74) is 1.91. The number of halogens is 2. The molecule has 3 aromatic carbocycles. The fourth-order valence-corrected chi connectivity index (χ4v) is 4.66. The SMILES string of the molecule is CCc1nc2ccc(Br)cc2c(=O)n1N=Cc1cc(Br)cc(OC)c1OCc1ccc2c(c1)OCO2. The number of hydrogen-bond donors (Lipinski definition) is 0. The fourth-order valence-electron chi connectivity index (χ4n) is 3.84. The second kappa shape index (κ2) is 10.3. The number of fused-ring (bicyclic) bond motifs is 2. The second-order valence-corrected chi connectivity index (χ2v) is 9.74. The number of rotatable bonds is 7. The van der Waals surface area contributed by atoms with Crippen molar-refractivity contribution in [1.29, 1.82) is 0 Å². The van der Waals surface area contributed by atoms with Crippen molar-refractivity contribution in [1.82, 2.24) is 9.66 Å². The molecule has 0 aliphatic carbocycles. The van der Waals surface area contributed by atoms with Crippen LogP contribution in [-0.2, 0) is 13.0 Å². The summed E-state index contributed by atoms with van der Waals surface area (Å²) in [4.78, 5) is 17.9. The first-order valence-corrected chi connectivity index (χ1v) is 12.7. The Balaban J connectivity index is 1.52. The van der Waals surface area contributed by atoms with Gasteiger partial charge in [0.15, 0.2) is 23.0 Å². The van der Waals surface area contributed by atoms with Gasteiger partial charge in [0.2, 0.25) is 6.79 Å². The lowest BCUT2D eigenvalue weighted by Gasteiger charge is -2.14. The van der Waals surface area contributed by atoms with Crippen LogP contribution in [0.2, 0.25) is 0 Å². The minimum Gasteiger partial charge on any atom is -0.493 e. The molecule has 0 fully saturated rings. The van der Waals surface area contributed by atoms with Crippen LogP contribution in [0.1, 0.15) is 23.9 Å². The number of aromatic nitrogens is 2. The van der Waals surface area contributed by atoms with Crippen molar-refractivity contribution < 1.29 is 18.9 Å². The standard InChI is InChI=1S/C26H21Br2N3O5/c1-3-24-30-20-6-5-17(27)10-19(20)26(32)31(24)29-12-16-9-18(28)11-23(33-2)25(16)34-13-15-4-7-21-22(8-15)36-14-35-21/h4-12H,3,13-14H2,1-2H3. The number of aryl methyl sites for hydroxylation is 1. The summed E-state index contributed by atoms with van der Waals surface area (Å²) in [6.45, 7) is 2.40. The number of benzene rings is 3. The maximum Gasteiger partial charge on any atom is 0.282 e. The first kappa shape index (κ1) is 24.3. The molecule has 10 heteroatoms. The molecule has 0 unspecified atom stereocenters. The maximum absolute atomic E-state index is 13.3. The van der Waals surface area contributed by atoms with Crippen molar-refractivity contribution in [3.8, 4) is 23.0 Å². The average Bonchev–Trinajstić information content (AvgIpc) is 3.35. The van der Waals surface area contributed by atoms with E-state index in [1.54, 1.807) is 19.4 Å². The summed E-state index contributed by atoms with van der Waals surface area (Å²) < 4.78 is 25.5. The molecular weight excluding hydrogens is 594 g/mol. The number of hydrogen-bond acceptors (Lipinski definition) is 7. The smallest absolute Gasteiger partial charge is 0.282 e. The molecule has 5 rings (SSSR count). The van der Waals surface area contributed by atoms with E-state index in [-0.39, 0.29) is 19.0 Å². The Bertz CT molecular complexity index is 1550. The average molecular weight is 615 g/mol. The fraction of sp³-hybridized carbons (Fsp3) is 0.192. The van der Waals surface area contributed by atoms with Crippen LogP contribution in [-0.4, -0.2) is 29.8 Å². The highest BCUT2D eigenvalue weighted by atomic mass is 79.9. The van der Waals surface area contributed by atoms with Crippen LogP contribution < -0.4 is 24.5 Å². The van der Waals surface area contributed by atoms with Crippen molar-refractivity contribution >= 4 is 49.0 Å². The van der Waals surface area contributed by atoms with Gasteiger partial charge in [-0.2, -0.15) is 9.78 Å². The third kappa shape index (κ3) is 4.83. The van der Waals surface area contributed by atoms with Gasteiger partial charge in [-0.15, -0.1) is 0 Å². The van der Waals surface area contributed by atoms with Gasteiger partial charge in [-0.25, -0.2) is 4.98 Å². The molecule has 8 nitrogen and oxygen atoms in total. The van der Waals surface area contributed by atoms with Crippen LogP contribution >= 0.6 is 31.9 Å². The Morgan fingerprint density at radius 2 is 1.92 bits per heavy atom. The molecule has 1 aromatic heterocycles. The first-order valence-electron chi connectivity index (χ1n) is 11.1. The zero-order valence-electron chi connectivity index (χ0n) is 19.5. The van der Waals surface area contributed by atoms with E-state index in [2.05, 4.69) is 41.9 Å². The maximum atomic E-state index is 13.3. The molecule has 184 valence electrons. The third-order valence-electron chi connectivity index (χ3n) is 5.59. The van der Waals surface area contributed by atoms with Gasteiger partial charge in [-0.3, -0.25) is 4.79 Å². The Kier molecular flexibility index (Phi) is 6.97. The molecular formula is C26H21Br2N3O5. The predicted octanol–water partition coefficient (Wildman–Crippen LogP) is 5.68. The topological polar surface area (TPSA) is 84.2 Å². The number of ether oxygens (including phenoxy) is 4. The zero-order valence-corrected chi connectivity index (χ0v) is 22.6. The molecule has 0 bridgehead atoms. The Morgan fingerprint density at radius 3 is 2.72 bits per heavy atom. The molecule has 0 radical (unpaired) electrons. The van der Waals surface area contributed by atoms with Crippen molar-refractivity contribution in [2.45, 2.75) is 20.0 Å². The Labute approximate surface area is 223 Å². The van der Waals surface area contributed by atoms with E-state index in [9.17, 15) is 4.79 Å². The summed E-state index contributed by atoms with van der Waals surface area (Å²) in [6, 6.07) is 14.7. The Hall–Kier alpha value is -3.37. The van der Waals surface area contributed by atoms with Gasteiger partial charge in [0.1, 0.15) is 12.4 Å². The van der Waals surface area contributed by atoms with Crippen LogP contribution in [0, 0.1) is 0 Å². The molecule has 1 aliphatic heterocycles. The normalized spacial score (nSPS) is 12.4. The van der Waals surface area contributed by atoms with Gasteiger partial charge < -0.3 is 18.9 Å². The van der Waals surface area contributed by atoms with Crippen LogP contribution in [0.5, 0.6) is 23.0 Å². The third-order valence-corrected chi connectivity index (χ3v) is 6.54. The van der Waals surface area contributed by atoms with Gasteiger partial charge in [0.25, 0.3) is 5.56 Å². The molecule has 0 N–H and O–H groups in total. The van der Waals surface area contributed by atoms with E-state index in [4.69, 9.17) is 18.9 Å². The summed E-state index contributed by atoms with van der Waals surface area (Å²) in [5.74, 6) is 2.96. The second-order valence-electron chi connectivity index (χ2n) is 7.91. The van der Waals surface area contributed by atoms with Gasteiger partial charge in [-0.1, -0.05) is 44.8 Å². The Morgan fingerprint density at radius 1 is 1.08 bits per heavy atom. The lowest BCUT2D eigenvalue weighted by Crippen LogP contribution is -2.22. The lowest BCUT2D eigenvalue weighted by atomic mass is 10.2. The lowest BCUT2D eigenvalue weighted by molar-refractivity contribution is 0.174. The predicted molar refractivity (Wildman–Crippen MR) is 144 cm³/mol. The molecule has 0 saturated heterocycles. The van der Waals surface area contributed by atoms with E-state index in [1.807, 2.05) is 49.4 Å². The molecule has 0 atom stereocenters.